The average molecular weight is 254 g/mol. The molecule has 0 radical (unpaired) electrons. The van der Waals surface area contributed by atoms with Crippen molar-refractivity contribution in [1.29, 1.82) is 0 Å². The second-order valence-corrected chi connectivity index (χ2v) is 4.86. The Morgan fingerprint density at radius 2 is 2.47 bits per heavy atom. The van der Waals surface area contributed by atoms with Crippen LogP contribution in [0.2, 0.25) is 0 Å². The van der Waals surface area contributed by atoms with Crippen LogP contribution in [-0.2, 0) is 11.2 Å². The first-order valence-electron chi connectivity index (χ1n) is 5.68. The quantitative estimate of drug-likeness (QED) is 0.600. The Morgan fingerprint density at radius 1 is 1.65 bits per heavy atom. The van der Waals surface area contributed by atoms with Gasteiger partial charge >= 0.3 is 0 Å². The Balaban J connectivity index is 2.10. The highest BCUT2D eigenvalue weighted by Crippen LogP contribution is 2.14. The first-order valence-corrected chi connectivity index (χ1v) is 6.56. The van der Waals surface area contributed by atoms with Crippen molar-refractivity contribution in [1.82, 2.24) is 14.8 Å². The summed E-state index contributed by atoms with van der Waals surface area (Å²) in [6.07, 6.45) is 5.86. The zero-order valence-electron chi connectivity index (χ0n) is 10.1. The summed E-state index contributed by atoms with van der Waals surface area (Å²) in [7, 11) is 1.71. The van der Waals surface area contributed by atoms with Crippen LogP contribution in [0.1, 0.15) is 19.0 Å². The highest BCUT2D eigenvalue weighted by Gasteiger charge is 2.20. The molecule has 2 aromatic rings. The highest BCUT2D eigenvalue weighted by molar-refractivity contribution is 7.15. The molecular weight excluding hydrogens is 236 g/mol. The zero-order valence-corrected chi connectivity index (χ0v) is 10.9. The van der Waals surface area contributed by atoms with Gasteiger partial charge in [-0.25, -0.2) is 4.98 Å². The average Bonchev–Trinajstić information content (AvgIpc) is 2.89. The van der Waals surface area contributed by atoms with Crippen LogP contribution < -0.4 is 11.3 Å². The van der Waals surface area contributed by atoms with Gasteiger partial charge in [0.25, 0.3) is 0 Å². The van der Waals surface area contributed by atoms with E-state index in [1.165, 1.54) is 0 Å². The summed E-state index contributed by atoms with van der Waals surface area (Å²) in [5, 5.41) is 2.02. The number of hydrazine groups is 1. The number of ether oxygens (including phenoxy) is 1. The van der Waals surface area contributed by atoms with Crippen LogP contribution in [0.15, 0.2) is 17.8 Å². The van der Waals surface area contributed by atoms with Crippen molar-refractivity contribution >= 4 is 16.3 Å². The summed E-state index contributed by atoms with van der Waals surface area (Å²) in [4.78, 5) is 5.56. The molecule has 0 bridgehead atoms. The van der Waals surface area contributed by atoms with Crippen molar-refractivity contribution < 1.29 is 4.74 Å². The number of fused-ring (bicyclic) bond motifs is 1. The van der Waals surface area contributed by atoms with Crippen LogP contribution >= 0.6 is 11.3 Å². The smallest absolute Gasteiger partial charge is 0.193 e. The van der Waals surface area contributed by atoms with E-state index >= 15 is 0 Å². The predicted octanol–water partition coefficient (Wildman–Crippen LogP) is 1.20. The van der Waals surface area contributed by atoms with E-state index in [9.17, 15) is 0 Å². The molecule has 0 aliphatic rings. The molecule has 6 heteroatoms. The number of hydrogen-bond donors (Lipinski definition) is 2. The third kappa shape index (κ3) is 2.66. The Labute approximate surface area is 105 Å². The van der Waals surface area contributed by atoms with Crippen LogP contribution in [-0.4, -0.2) is 28.6 Å². The number of aromatic nitrogens is 2. The maximum absolute atomic E-state index is 5.58. The van der Waals surface area contributed by atoms with E-state index in [1.54, 1.807) is 18.4 Å². The van der Waals surface area contributed by atoms with E-state index in [1.807, 2.05) is 22.2 Å². The molecule has 0 aromatic carbocycles. The molecule has 0 saturated carbocycles. The van der Waals surface area contributed by atoms with E-state index < -0.39 is 0 Å². The number of imidazole rings is 1. The van der Waals surface area contributed by atoms with Gasteiger partial charge in [0.15, 0.2) is 4.96 Å². The van der Waals surface area contributed by atoms with E-state index in [2.05, 4.69) is 17.3 Å². The SMILES string of the molecule is CCC(OC)C(Cc1cn2ccsc2n1)NN. The van der Waals surface area contributed by atoms with E-state index in [0.29, 0.717) is 0 Å². The molecule has 2 unspecified atom stereocenters. The van der Waals surface area contributed by atoms with Crippen LogP contribution in [0.25, 0.3) is 4.96 Å². The van der Waals surface area contributed by atoms with Crippen molar-refractivity contribution in [2.75, 3.05) is 7.11 Å². The predicted molar refractivity (Wildman–Crippen MR) is 69.0 cm³/mol. The van der Waals surface area contributed by atoms with Crippen molar-refractivity contribution in [2.45, 2.75) is 31.9 Å². The molecule has 0 saturated heterocycles. The lowest BCUT2D eigenvalue weighted by Gasteiger charge is -2.23. The lowest BCUT2D eigenvalue weighted by atomic mass is 10.0. The number of nitrogens with zero attached hydrogens (tertiary/aromatic N) is 2. The van der Waals surface area contributed by atoms with Gasteiger partial charge < -0.3 is 4.74 Å². The Morgan fingerprint density at radius 3 is 3.06 bits per heavy atom. The highest BCUT2D eigenvalue weighted by atomic mass is 32.1. The zero-order chi connectivity index (χ0) is 12.3. The maximum atomic E-state index is 5.58. The second-order valence-electron chi connectivity index (χ2n) is 3.98. The summed E-state index contributed by atoms with van der Waals surface area (Å²) in [6.45, 7) is 2.09. The van der Waals surface area contributed by atoms with Gasteiger partial charge in [0.05, 0.1) is 17.8 Å². The molecule has 5 nitrogen and oxygen atoms in total. The van der Waals surface area contributed by atoms with Crippen molar-refractivity contribution in [3.05, 3.63) is 23.5 Å². The Hall–Kier alpha value is -0.950. The lowest BCUT2D eigenvalue weighted by Crippen LogP contribution is -2.46. The fourth-order valence-electron chi connectivity index (χ4n) is 2.01. The molecule has 0 aliphatic carbocycles. The Kier molecular flexibility index (Phi) is 4.11. The molecule has 3 N–H and O–H groups in total. The Bertz CT molecular complexity index is 434. The minimum absolute atomic E-state index is 0.0922. The molecule has 0 fully saturated rings. The number of nitrogens with one attached hydrogen (secondary N) is 1. The molecule has 2 heterocycles. The van der Waals surface area contributed by atoms with E-state index in [4.69, 9.17) is 10.6 Å². The van der Waals surface area contributed by atoms with Crippen molar-refractivity contribution in [3.63, 3.8) is 0 Å². The van der Waals surface area contributed by atoms with Gasteiger partial charge in [-0.2, -0.15) is 0 Å². The molecule has 0 spiro atoms. The summed E-state index contributed by atoms with van der Waals surface area (Å²) in [5.74, 6) is 5.58. The normalized spacial score (nSPS) is 15.2. The third-order valence-corrected chi connectivity index (χ3v) is 3.71. The topological polar surface area (TPSA) is 64.6 Å². The summed E-state index contributed by atoms with van der Waals surface area (Å²) in [5.41, 5.74) is 3.86. The fraction of sp³-hybridized carbons (Fsp3) is 0.545. The standard InChI is InChI=1S/C11H18N4OS/c1-3-10(16-2)9(14-12)6-8-7-15-4-5-17-11(15)13-8/h4-5,7,9-10,14H,3,6,12H2,1-2H3. The van der Waals surface area contributed by atoms with Crippen molar-refractivity contribution in [2.24, 2.45) is 5.84 Å². The number of rotatable bonds is 6. The van der Waals surface area contributed by atoms with Gasteiger partial charge in [-0.1, -0.05) is 6.92 Å². The van der Waals surface area contributed by atoms with Gasteiger partial charge in [0.1, 0.15) is 0 Å². The van der Waals surface area contributed by atoms with E-state index in [0.717, 1.165) is 23.5 Å². The summed E-state index contributed by atoms with van der Waals surface area (Å²) >= 11 is 1.63. The van der Waals surface area contributed by atoms with Gasteiger partial charge in [0.2, 0.25) is 0 Å². The third-order valence-electron chi connectivity index (χ3n) is 2.94. The molecule has 2 atom stereocenters. The maximum Gasteiger partial charge on any atom is 0.193 e. The first kappa shape index (κ1) is 12.5. The molecular formula is C11H18N4OS. The largest absolute Gasteiger partial charge is 0.380 e. The van der Waals surface area contributed by atoms with Crippen LogP contribution in [0.4, 0.5) is 0 Å². The van der Waals surface area contributed by atoms with Gasteiger partial charge in [-0.05, 0) is 6.42 Å². The molecule has 94 valence electrons. The van der Waals surface area contributed by atoms with Crippen LogP contribution in [0, 0.1) is 0 Å². The van der Waals surface area contributed by atoms with Gasteiger partial charge in [-0.3, -0.25) is 15.7 Å². The number of nitrogens with two attached hydrogens (primary N) is 1. The first-order chi connectivity index (χ1) is 8.28. The number of methoxy groups -OCH3 is 1. The molecule has 17 heavy (non-hydrogen) atoms. The van der Waals surface area contributed by atoms with Gasteiger partial charge in [-0.15, -0.1) is 11.3 Å². The lowest BCUT2D eigenvalue weighted by molar-refractivity contribution is 0.0651. The molecule has 2 aromatic heterocycles. The van der Waals surface area contributed by atoms with E-state index in [-0.39, 0.29) is 12.1 Å². The molecule has 0 amide bonds. The van der Waals surface area contributed by atoms with Gasteiger partial charge in [0, 0.05) is 31.3 Å². The van der Waals surface area contributed by atoms with Crippen LogP contribution in [0.3, 0.4) is 0 Å². The monoisotopic (exact) mass is 254 g/mol. The van der Waals surface area contributed by atoms with Crippen LogP contribution in [0.5, 0.6) is 0 Å². The number of hydrogen-bond acceptors (Lipinski definition) is 5. The summed E-state index contributed by atoms with van der Waals surface area (Å²) in [6, 6.07) is 0.0922. The summed E-state index contributed by atoms with van der Waals surface area (Å²) < 4.78 is 7.43. The van der Waals surface area contributed by atoms with Crippen molar-refractivity contribution in [3.8, 4) is 0 Å². The minimum atomic E-state index is 0.0922. The fourth-order valence-corrected chi connectivity index (χ4v) is 2.73. The second kappa shape index (κ2) is 5.59. The molecule has 0 aliphatic heterocycles. The minimum Gasteiger partial charge on any atom is -0.380 e. The molecule has 2 rings (SSSR count). The number of thiazole rings is 1.